The number of hydrogen-bond acceptors (Lipinski definition) is 6. The molecule has 34 heavy (non-hydrogen) atoms. The third-order valence-electron chi connectivity index (χ3n) is 5.13. The largest absolute Gasteiger partial charge is 0.481 e. The van der Waals surface area contributed by atoms with Gasteiger partial charge in [-0.1, -0.05) is 6.07 Å². The summed E-state index contributed by atoms with van der Waals surface area (Å²) >= 11 is 2.85. The Morgan fingerprint density at radius 3 is 2.62 bits per heavy atom. The van der Waals surface area contributed by atoms with E-state index >= 15 is 0 Å². The molecular weight excluding hydrogens is 492 g/mol. The first-order chi connectivity index (χ1) is 16.0. The number of rotatable bonds is 7. The molecule has 0 aliphatic rings. The second-order valence-corrected chi connectivity index (χ2v) is 9.65. The van der Waals surface area contributed by atoms with E-state index in [0.29, 0.717) is 33.3 Å². The van der Waals surface area contributed by atoms with Crippen molar-refractivity contribution in [1.82, 2.24) is 9.97 Å². The Bertz CT molecular complexity index is 1380. The zero-order chi connectivity index (χ0) is 24.6. The van der Waals surface area contributed by atoms with Gasteiger partial charge in [0.25, 0.3) is 0 Å². The number of nitrogens with zero attached hydrogens (tertiary/aromatic N) is 2. The zero-order valence-corrected chi connectivity index (χ0v) is 19.6. The van der Waals surface area contributed by atoms with Gasteiger partial charge in [0, 0.05) is 27.5 Å². The highest BCUT2D eigenvalue weighted by atomic mass is 32.2. The Kier molecular flexibility index (Phi) is 6.68. The third kappa shape index (κ3) is 5.10. The van der Waals surface area contributed by atoms with Crippen LogP contribution in [-0.2, 0) is 23.1 Å². The van der Waals surface area contributed by atoms with Crippen LogP contribution in [0.2, 0.25) is 0 Å². The summed E-state index contributed by atoms with van der Waals surface area (Å²) in [6.45, 7) is 3.71. The van der Waals surface area contributed by atoms with Crippen molar-refractivity contribution in [2.24, 2.45) is 0 Å². The minimum Gasteiger partial charge on any atom is -0.481 e. The number of alkyl halides is 3. The Morgan fingerprint density at radius 2 is 1.94 bits per heavy atom. The first kappa shape index (κ1) is 24.2. The summed E-state index contributed by atoms with van der Waals surface area (Å²) in [7, 11) is 0. The maximum atomic E-state index is 14.0. The van der Waals surface area contributed by atoms with Gasteiger partial charge in [-0.15, -0.1) is 23.1 Å². The Hall–Kier alpha value is -2.92. The molecule has 2 aromatic carbocycles. The summed E-state index contributed by atoms with van der Waals surface area (Å²) in [5.41, 5.74) is 1.88. The van der Waals surface area contributed by atoms with Crippen LogP contribution in [0.15, 0.2) is 39.6 Å². The van der Waals surface area contributed by atoms with E-state index in [1.54, 1.807) is 24.8 Å². The molecule has 0 atom stereocenters. The van der Waals surface area contributed by atoms with Crippen LogP contribution >= 0.6 is 23.1 Å². The number of aliphatic carboxylic acids is 1. The van der Waals surface area contributed by atoms with Gasteiger partial charge in [0.2, 0.25) is 0 Å². The van der Waals surface area contributed by atoms with Crippen molar-refractivity contribution in [2.45, 2.75) is 43.5 Å². The average molecular weight is 511 g/mol. The molecule has 0 aliphatic carbocycles. The van der Waals surface area contributed by atoms with E-state index in [1.165, 1.54) is 17.4 Å². The predicted octanol–water partition coefficient (Wildman–Crippen LogP) is 7.04. The van der Waals surface area contributed by atoms with Crippen LogP contribution in [0, 0.1) is 19.7 Å². The predicted molar refractivity (Wildman–Crippen MR) is 122 cm³/mol. The highest BCUT2D eigenvalue weighted by Gasteiger charge is 2.34. The number of thioether (sulfide) groups is 1. The van der Waals surface area contributed by atoms with Crippen molar-refractivity contribution >= 4 is 40.2 Å². The fourth-order valence-corrected chi connectivity index (χ4v) is 5.58. The van der Waals surface area contributed by atoms with Crippen LogP contribution in [0.4, 0.5) is 17.6 Å². The maximum Gasteiger partial charge on any atom is 0.419 e. The number of fused-ring (bicyclic) bond motifs is 1. The number of halogens is 4. The molecule has 0 bridgehead atoms. The number of thiazole rings is 1. The summed E-state index contributed by atoms with van der Waals surface area (Å²) in [5.74, 6) is -1.32. The number of carbonyl (C=O) groups is 1. The molecule has 5 nitrogen and oxygen atoms in total. The molecule has 4 aromatic rings. The Morgan fingerprint density at radius 1 is 1.18 bits per heavy atom. The normalized spacial score (nSPS) is 11.9. The van der Waals surface area contributed by atoms with E-state index in [0.717, 1.165) is 33.2 Å². The van der Waals surface area contributed by atoms with Gasteiger partial charge in [-0.2, -0.15) is 13.2 Å². The van der Waals surface area contributed by atoms with Gasteiger partial charge in [0.1, 0.15) is 16.3 Å². The molecule has 4 rings (SSSR count). The van der Waals surface area contributed by atoms with Crippen LogP contribution in [0.5, 0.6) is 0 Å². The maximum absolute atomic E-state index is 14.0. The van der Waals surface area contributed by atoms with E-state index in [9.17, 15) is 22.4 Å². The summed E-state index contributed by atoms with van der Waals surface area (Å²) in [6.07, 6.45) is -4.61. The molecule has 0 aliphatic heterocycles. The highest BCUT2D eigenvalue weighted by Crippen LogP contribution is 2.37. The first-order valence-corrected chi connectivity index (χ1v) is 11.9. The average Bonchev–Trinajstić information content (AvgIpc) is 3.34. The van der Waals surface area contributed by atoms with Gasteiger partial charge in [-0.25, -0.2) is 14.4 Å². The fourth-order valence-electron chi connectivity index (χ4n) is 3.34. The standard InChI is InChI=1S/C23H18F4N2O3S2/c1-11-17(6-5-16-21(11)29-19(32-16)7-8-20(30)31)33-10-18-12(2)28-22(34-18)13-3-4-14(15(24)9-13)23(25,26)27/h3-6,9H,7-8,10H2,1-2H3,(H,30,31). The van der Waals surface area contributed by atoms with Crippen molar-refractivity contribution in [3.63, 3.8) is 0 Å². The molecule has 11 heteroatoms. The van der Waals surface area contributed by atoms with E-state index < -0.39 is 23.5 Å². The molecule has 0 fully saturated rings. The lowest BCUT2D eigenvalue weighted by molar-refractivity contribution is -0.140. The number of hydrogen-bond donors (Lipinski definition) is 1. The smallest absolute Gasteiger partial charge is 0.419 e. The van der Waals surface area contributed by atoms with Gasteiger partial charge in [0.15, 0.2) is 11.5 Å². The molecule has 1 N–H and O–H groups in total. The van der Waals surface area contributed by atoms with Crippen LogP contribution in [0.1, 0.15) is 34.0 Å². The van der Waals surface area contributed by atoms with Gasteiger partial charge in [-0.05, 0) is 43.7 Å². The molecule has 0 unspecified atom stereocenters. The molecule has 0 saturated carbocycles. The Labute approximate surface area is 199 Å². The van der Waals surface area contributed by atoms with Crippen molar-refractivity contribution in [1.29, 1.82) is 0 Å². The minimum atomic E-state index is -4.75. The van der Waals surface area contributed by atoms with Crippen LogP contribution < -0.4 is 0 Å². The monoisotopic (exact) mass is 510 g/mol. The first-order valence-electron chi connectivity index (χ1n) is 10.1. The van der Waals surface area contributed by atoms with E-state index in [4.69, 9.17) is 9.52 Å². The van der Waals surface area contributed by atoms with Gasteiger partial charge < -0.3 is 9.52 Å². The zero-order valence-electron chi connectivity index (χ0n) is 18.0. The molecule has 0 spiro atoms. The summed E-state index contributed by atoms with van der Waals surface area (Å²) in [5, 5.41) is 9.29. The molecule has 178 valence electrons. The Balaban J connectivity index is 1.52. The topological polar surface area (TPSA) is 76.2 Å². The van der Waals surface area contributed by atoms with Crippen LogP contribution in [0.3, 0.4) is 0 Å². The number of carboxylic acid groups (broad SMARTS) is 1. The van der Waals surface area contributed by atoms with Gasteiger partial charge in [-0.3, -0.25) is 4.79 Å². The quantitative estimate of drug-likeness (QED) is 0.212. The number of oxazole rings is 1. The van der Waals surface area contributed by atoms with Crippen LogP contribution in [0.25, 0.3) is 21.7 Å². The molecule has 0 saturated heterocycles. The molecule has 0 amide bonds. The number of aryl methyl sites for hydroxylation is 3. The van der Waals surface area contributed by atoms with Crippen molar-refractivity contribution in [3.05, 3.63) is 63.7 Å². The van der Waals surface area contributed by atoms with Crippen molar-refractivity contribution in [2.75, 3.05) is 0 Å². The lowest BCUT2D eigenvalue weighted by atomic mass is 10.1. The summed E-state index contributed by atoms with van der Waals surface area (Å²) in [6, 6.07) is 6.51. The lowest BCUT2D eigenvalue weighted by Gasteiger charge is -2.08. The van der Waals surface area contributed by atoms with Gasteiger partial charge in [0.05, 0.1) is 17.7 Å². The molecule has 2 aromatic heterocycles. The molecular formula is C23H18F4N2O3S2. The summed E-state index contributed by atoms with van der Waals surface area (Å²) in [4.78, 5) is 21.5. The number of aromatic nitrogens is 2. The van der Waals surface area contributed by atoms with Gasteiger partial charge >= 0.3 is 12.1 Å². The van der Waals surface area contributed by atoms with E-state index in [2.05, 4.69) is 9.97 Å². The van der Waals surface area contributed by atoms with Crippen molar-refractivity contribution < 1.29 is 31.9 Å². The van der Waals surface area contributed by atoms with E-state index in [-0.39, 0.29) is 12.8 Å². The van der Waals surface area contributed by atoms with Crippen molar-refractivity contribution in [3.8, 4) is 10.6 Å². The molecule has 2 heterocycles. The third-order valence-corrected chi connectivity index (χ3v) is 7.71. The molecule has 0 radical (unpaired) electrons. The summed E-state index contributed by atoms with van der Waals surface area (Å²) < 4.78 is 58.1. The number of benzene rings is 2. The highest BCUT2D eigenvalue weighted by molar-refractivity contribution is 7.98. The number of carboxylic acids is 1. The van der Waals surface area contributed by atoms with Crippen LogP contribution in [-0.4, -0.2) is 21.0 Å². The van der Waals surface area contributed by atoms with E-state index in [1.807, 2.05) is 13.0 Å². The minimum absolute atomic E-state index is 0.0662. The fraction of sp³-hybridized carbons (Fsp3) is 0.261. The SMILES string of the molecule is Cc1nc(-c2ccc(C(F)(F)F)c(F)c2)sc1CSc1ccc2oc(CCC(=O)O)nc2c1C. The second kappa shape index (κ2) is 9.38. The second-order valence-electron chi connectivity index (χ2n) is 7.55. The lowest BCUT2D eigenvalue weighted by Crippen LogP contribution is -2.07.